The lowest BCUT2D eigenvalue weighted by Crippen LogP contribution is -2.15. The highest BCUT2D eigenvalue weighted by atomic mass is 19.2. The second kappa shape index (κ2) is 11.1. The Balaban J connectivity index is 1.53. The Morgan fingerprint density at radius 2 is 1.83 bits per heavy atom. The standard InChI is InChI=1S/C29H25F2NO4/c1-3-35-28(17-36-27-12-7-18(2)13-23(27)29(33)34)21-6-4-5-19(14-21)8-10-22-11-9-20-15-24(30)25(31)16-26(20)32-22/h4-16,28H,3,17H2,1-2H3,(H,33,34)/b10-8+. The fourth-order valence-corrected chi connectivity index (χ4v) is 3.81. The van der Waals surface area contributed by atoms with Crippen molar-refractivity contribution in [3.05, 3.63) is 106 Å². The predicted octanol–water partition coefficient (Wildman–Crippen LogP) is 6.85. The monoisotopic (exact) mass is 489 g/mol. The predicted molar refractivity (Wildman–Crippen MR) is 135 cm³/mol. The van der Waals surface area contributed by atoms with Crippen molar-refractivity contribution in [2.75, 3.05) is 13.2 Å². The number of carboxylic acid groups (broad SMARTS) is 1. The largest absolute Gasteiger partial charge is 0.490 e. The number of carbonyl (C=O) groups is 1. The van der Waals surface area contributed by atoms with Crippen LogP contribution in [0.1, 0.15) is 45.8 Å². The minimum absolute atomic E-state index is 0.104. The van der Waals surface area contributed by atoms with Gasteiger partial charge in [0.15, 0.2) is 11.6 Å². The summed E-state index contributed by atoms with van der Waals surface area (Å²) in [7, 11) is 0. The lowest BCUT2D eigenvalue weighted by Gasteiger charge is -2.19. The zero-order valence-electron chi connectivity index (χ0n) is 19.9. The van der Waals surface area contributed by atoms with E-state index in [1.54, 1.807) is 36.4 Å². The van der Waals surface area contributed by atoms with E-state index in [-0.39, 0.29) is 17.9 Å². The molecule has 0 bridgehead atoms. The molecule has 1 atom stereocenters. The van der Waals surface area contributed by atoms with Gasteiger partial charge in [-0.2, -0.15) is 0 Å². The summed E-state index contributed by atoms with van der Waals surface area (Å²) in [5.74, 6) is -2.61. The molecule has 0 spiro atoms. The van der Waals surface area contributed by atoms with Gasteiger partial charge in [0.1, 0.15) is 24.0 Å². The molecule has 36 heavy (non-hydrogen) atoms. The molecule has 3 aromatic carbocycles. The number of pyridine rings is 1. The van der Waals surface area contributed by atoms with Crippen LogP contribution in [-0.2, 0) is 4.74 Å². The van der Waals surface area contributed by atoms with Crippen LogP contribution in [0.15, 0.2) is 66.7 Å². The van der Waals surface area contributed by atoms with Gasteiger partial charge in [0.05, 0.1) is 11.2 Å². The van der Waals surface area contributed by atoms with Crippen LogP contribution in [0.5, 0.6) is 5.75 Å². The molecule has 7 heteroatoms. The number of nitrogens with zero attached hydrogens (tertiary/aromatic N) is 1. The van der Waals surface area contributed by atoms with Crippen LogP contribution >= 0.6 is 0 Å². The molecule has 4 rings (SSSR count). The number of aryl methyl sites for hydroxylation is 1. The van der Waals surface area contributed by atoms with E-state index < -0.39 is 23.7 Å². The first-order chi connectivity index (χ1) is 17.3. The van der Waals surface area contributed by atoms with Crippen molar-refractivity contribution in [1.82, 2.24) is 4.98 Å². The molecule has 0 fully saturated rings. The van der Waals surface area contributed by atoms with Crippen LogP contribution in [0.3, 0.4) is 0 Å². The third-order valence-electron chi connectivity index (χ3n) is 5.61. The highest BCUT2D eigenvalue weighted by molar-refractivity contribution is 5.91. The minimum Gasteiger partial charge on any atom is -0.490 e. The number of carboxylic acids is 1. The number of aromatic nitrogens is 1. The molecule has 0 aliphatic heterocycles. The molecule has 1 heterocycles. The Kier molecular flexibility index (Phi) is 7.71. The second-order valence-electron chi connectivity index (χ2n) is 8.26. The third kappa shape index (κ3) is 5.93. The molecule has 0 aliphatic rings. The van der Waals surface area contributed by atoms with Crippen LogP contribution in [0.4, 0.5) is 8.78 Å². The van der Waals surface area contributed by atoms with Gasteiger partial charge in [-0.15, -0.1) is 0 Å². The number of rotatable bonds is 9. The van der Waals surface area contributed by atoms with Gasteiger partial charge in [-0.1, -0.05) is 42.0 Å². The van der Waals surface area contributed by atoms with Gasteiger partial charge in [0.2, 0.25) is 0 Å². The summed E-state index contributed by atoms with van der Waals surface area (Å²) in [5.41, 5.74) is 3.66. The summed E-state index contributed by atoms with van der Waals surface area (Å²) in [6.07, 6.45) is 3.24. The topological polar surface area (TPSA) is 68.7 Å². The van der Waals surface area contributed by atoms with Crippen molar-refractivity contribution in [3.63, 3.8) is 0 Å². The molecule has 1 aromatic heterocycles. The van der Waals surface area contributed by atoms with Gasteiger partial charge in [-0.25, -0.2) is 18.6 Å². The number of halogens is 2. The first kappa shape index (κ1) is 25.0. The van der Waals surface area contributed by atoms with Crippen LogP contribution in [0.25, 0.3) is 23.1 Å². The van der Waals surface area contributed by atoms with E-state index in [1.807, 2.05) is 44.2 Å². The number of hydrogen-bond acceptors (Lipinski definition) is 4. The van der Waals surface area contributed by atoms with Crippen LogP contribution < -0.4 is 4.74 Å². The molecule has 0 aliphatic carbocycles. The number of aromatic carboxylic acids is 1. The fourth-order valence-electron chi connectivity index (χ4n) is 3.81. The van der Waals surface area contributed by atoms with E-state index in [4.69, 9.17) is 9.47 Å². The van der Waals surface area contributed by atoms with Gasteiger partial charge < -0.3 is 14.6 Å². The summed E-state index contributed by atoms with van der Waals surface area (Å²) < 4.78 is 38.8. The quantitative estimate of drug-likeness (QED) is 0.279. The molecule has 0 saturated carbocycles. The lowest BCUT2D eigenvalue weighted by molar-refractivity contribution is 0.0260. The first-order valence-electron chi connectivity index (χ1n) is 11.5. The minimum atomic E-state index is -1.05. The zero-order chi connectivity index (χ0) is 25.7. The van der Waals surface area contributed by atoms with Crippen LogP contribution in [0.2, 0.25) is 0 Å². The zero-order valence-corrected chi connectivity index (χ0v) is 19.9. The van der Waals surface area contributed by atoms with E-state index in [2.05, 4.69) is 4.98 Å². The molecule has 0 saturated heterocycles. The summed E-state index contributed by atoms with van der Waals surface area (Å²) >= 11 is 0. The number of hydrogen-bond donors (Lipinski definition) is 1. The van der Waals surface area contributed by atoms with Crippen molar-refractivity contribution < 1.29 is 28.2 Å². The number of fused-ring (bicyclic) bond motifs is 1. The Morgan fingerprint density at radius 1 is 1.03 bits per heavy atom. The third-order valence-corrected chi connectivity index (χ3v) is 5.61. The summed E-state index contributed by atoms with van der Waals surface area (Å²) in [5, 5.41) is 10.0. The molecule has 0 amide bonds. The van der Waals surface area contributed by atoms with Crippen molar-refractivity contribution in [1.29, 1.82) is 0 Å². The van der Waals surface area contributed by atoms with E-state index in [0.29, 0.717) is 23.2 Å². The van der Waals surface area contributed by atoms with E-state index >= 15 is 0 Å². The van der Waals surface area contributed by atoms with Crippen molar-refractivity contribution in [3.8, 4) is 5.75 Å². The lowest BCUT2D eigenvalue weighted by atomic mass is 10.1. The van der Waals surface area contributed by atoms with Gasteiger partial charge in [0, 0.05) is 18.1 Å². The normalized spacial score (nSPS) is 12.2. The smallest absolute Gasteiger partial charge is 0.339 e. The molecule has 1 N–H and O–H groups in total. The van der Waals surface area contributed by atoms with Crippen molar-refractivity contribution in [2.24, 2.45) is 0 Å². The number of ether oxygens (including phenoxy) is 2. The SMILES string of the molecule is CCOC(COc1ccc(C)cc1C(=O)O)c1cccc(/C=C/c2ccc3cc(F)c(F)cc3n2)c1. The highest BCUT2D eigenvalue weighted by Crippen LogP contribution is 2.25. The van der Waals surface area contributed by atoms with Crippen LogP contribution in [-0.4, -0.2) is 29.3 Å². The van der Waals surface area contributed by atoms with Crippen molar-refractivity contribution >= 4 is 29.0 Å². The summed E-state index contributed by atoms with van der Waals surface area (Å²) in [4.78, 5) is 16.0. The highest BCUT2D eigenvalue weighted by Gasteiger charge is 2.17. The van der Waals surface area contributed by atoms with E-state index in [0.717, 1.165) is 28.8 Å². The second-order valence-corrected chi connectivity index (χ2v) is 8.26. The molecule has 184 valence electrons. The average molecular weight is 490 g/mol. The average Bonchev–Trinajstić information content (AvgIpc) is 2.86. The maximum Gasteiger partial charge on any atom is 0.339 e. The molecule has 1 unspecified atom stereocenters. The Morgan fingerprint density at radius 3 is 2.61 bits per heavy atom. The summed E-state index contributed by atoms with van der Waals surface area (Å²) in [6.45, 7) is 4.29. The van der Waals surface area contributed by atoms with E-state index in [1.165, 1.54) is 0 Å². The van der Waals surface area contributed by atoms with Gasteiger partial charge >= 0.3 is 5.97 Å². The van der Waals surface area contributed by atoms with Gasteiger partial charge in [-0.3, -0.25) is 0 Å². The first-order valence-corrected chi connectivity index (χ1v) is 11.5. The van der Waals surface area contributed by atoms with Gasteiger partial charge in [0.25, 0.3) is 0 Å². The molecular weight excluding hydrogens is 464 g/mol. The Bertz CT molecular complexity index is 1430. The Labute approximate surface area is 207 Å². The maximum atomic E-state index is 13.6. The van der Waals surface area contributed by atoms with E-state index in [9.17, 15) is 18.7 Å². The molecule has 5 nitrogen and oxygen atoms in total. The molecular formula is C29H25F2NO4. The summed E-state index contributed by atoms with van der Waals surface area (Å²) in [6, 6.07) is 18.3. The maximum absolute atomic E-state index is 13.6. The van der Waals surface area contributed by atoms with Gasteiger partial charge in [-0.05, 0) is 61.4 Å². The number of benzene rings is 3. The Hall–Kier alpha value is -4.10. The molecule has 4 aromatic rings. The molecule has 0 radical (unpaired) electrons. The fraction of sp³-hybridized carbons (Fsp3) is 0.172. The van der Waals surface area contributed by atoms with Crippen LogP contribution in [0, 0.1) is 18.6 Å². The van der Waals surface area contributed by atoms with Crippen molar-refractivity contribution in [2.45, 2.75) is 20.0 Å².